The smallest absolute Gasteiger partial charge is 0.407 e. The molecule has 1 aromatic heterocycles. The largest absolute Gasteiger partial charge is 0.465 e. The first-order valence-electron chi connectivity index (χ1n) is 11.8. The Hall–Kier alpha value is -2.59. The summed E-state index contributed by atoms with van der Waals surface area (Å²) in [6.07, 6.45) is 9.87. The molecule has 2 fully saturated rings. The van der Waals surface area contributed by atoms with E-state index in [2.05, 4.69) is 15.6 Å². The molecule has 0 aliphatic heterocycles. The Morgan fingerprint density at radius 2 is 2.09 bits per heavy atom. The molecule has 1 amide bonds. The van der Waals surface area contributed by atoms with Crippen molar-refractivity contribution in [1.29, 1.82) is 5.26 Å². The van der Waals surface area contributed by atoms with Crippen LogP contribution in [0.5, 0.6) is 0 Å². The molecule has 2 aromatic rings. The number of nitriles is 1. The van der Waals surface area contributed by atoms with Crippen molar-refractivity contribution >= 4 is 17.1 Å². The van der Waals surface area contributed by atoms with E-state index in [9.17, 15) is 15.2 Å². The van der Waals surface area contributed by atoms with Crippen LogP contribution in [-0.2, 0) is 11.3 Å². The Morgan fingerprint density at radius 1 is 1.31 bits per heavy atom. The molecule has 7 heteroatoms. The molecule has 7 nitrogen and oxygen atoms in total. The quantitative estimate of drug-likeness (QED) is 0.633. The highest BCUT2D eigenvalue weighted by Crippen LogP contribution is 2.40. The van der Waals surface area contributed by atoms with Gasteiger partial charge in [0.05, 0.1) is 35.6 Å². The fourth-order valence-corrected chi connectivity index (χ4v) is 5.99. The third kappa shape index (κ3) is 5.07. The number of methoxy groups -OCH3 is 1. The fourth-order valence-electron chi connectivity index (χ4n) is 5.99. The summed E-state index contributed by atoms with van der Waals surface area (Å²) in [5, 5.41) is 19.2. The van der Waals surface area contributed by atoms with Crippen LogP contribution in [0.1, 0.15) is 56.9 Å². The first-order chi connectivity index (χ1) is 15.5. The van der Waals surface area contributed by atoms with E-state index in [1.54, 1.807) is 18.1 Å². The minimum Gasteiger partial charge on any atom is -0.465 e. The molecule has 172 valence electrons. The van der Waals surface area contributed by atoms with Gasteiger partial charge in [0, 0.05) is 32.2 Å². The molecule has 2 unspecified atom stereocenters. The van der Waals surface area contributed by atoms with Gasteiger partial charge in [-0.05, 0) is 62.1 Å². The maximum Gasteiger partial charge on any atom is 0.407 e. The number of carboxylic acid groups (broad SMARTS) is 1. The molecular weight excluding hydrogens is 404 g/mol. The van der Waals surface area contributed by atoms with Crippen LogP contribution in [0.15, 0.2) is 24.5 Å². The lowest BCUT2D eigenvalue weighted by atomic mass is 9.80. The molecule has 0 spiro atoms. The standard InChI is InChI=1S/C25H34N4O3/c1-32-17-25(9-2-3-10-25)16-28(24(30)31)14-20-5-4-6-21(11-20)15-29-18-27-22-8-7-19(13-26)12-23(22)29/h7-8,12,18,20-21H,2-6,9-11,14-17H2,1H3,(H,30,31). The van der Waals surface area contributed by atoms with Crippen molar-refractivity contribution in [1.82, 2.24) is 14.5 Å². The number of aromatic nitrogens is 2. The van der Waals surface area contributed by atoms with Gasteiger partial charge in [-0.15, -0.1) is 0 Å². The zero-order valence-corrected chi connectivity index (χ0v) is 19.0. The predicted molar refractivity (Wildman–Crippen MR) is 122 cm³/mol. The second-order valence-corrected chi connectivity index (χ2v) is 9.91. The molecule has 1 aromatic carbocycles. The van der Waals surface area contributed by atoms with E-state index in [1.807, 2.05) is 18.5 Å². The molecule has 2 atom stereocenters. The highest BCUT2D eigenvalue weighted by molar-refractivity contribution is 5.76. The molecule has 2 saturated carbocycles. The van der Waals surface area contributed by atoms with Gasteiger partial charge in [0.25, 0.3) is 0 Å². The van der Waals surface area contributed by atoms with Crippen LogP contribution in [0.25, 0.3) is 11.0 Å². The van der Waals surface area contributed by atoms with Gasteiger partial charge in [0.2, 0.25) is 0 Å². The van der Waals surface area contributed by atoms with Gasteiger partial charge >= 0.3 is 6.09 Å². The van der Waals surface area contributed by atoms with Crippen LogP contribution in [0.4, 0.5) is 4.79 Å². The van der Waals surface area contributed by atoms with Crippen LogP contribution in [0, 0.1) is 28.6 Å². The second-order valence-electron chi connectivity index (χ2n) is 9.91. The van der Waals surface area contributed by atoms with Crippen LogP contribution in [0.3, 0.4) is 0 Å². The van der Waals surface area contributed by atoms with E-state index in [0.717, 1.165) is 68.9 Å². The molecule has 4 rings (SSSR count). The van der Waals surface area contributed by atoms with Crippen LogP contribution in [-0.4, -0.2) is 52.5 Å². The third-order valence-corrected chi connectivity index (χ3v) is 7.49. The Bertz CT molecular complexity index is 973. The summed E-state index contributed by atoms with van der Waals surface area (Å²) < 4.78 is 7.64. The highest BCUT2D eigenvalue weighted by Gasteiger charge is 2.38. The van der Waals surface area contributed by atoms with E-state index in [0.29, 0.717) is 37.1 Å². The lowest BCUT2D eigenvalue weighted by Crippen LogP contribution is -2.44. The lowest BCUT2D eigenvalue weighted by molar-refractivity contribution is 0.0407. The van der Waals surface area contributed by atoms with Crippen LogP contribution in [0.2, 0.25) is 0 Å². The molecule has 0 radical (unpaired) electrons. The summed E-state index contributed by atoms with van der Waals surface area (Å²) in [6.45, 7) is 2.70. The molecule has 32 heavy (non-hydrogen) atoms. The van der Waals surface area contributed by atoms with Gasteiger partial charge in [-0.2, -0.15) is 5.26 Å². The molecule has 1 N–H and O–H groups in total. The first kappa shape index (κ1) is 22.6. The summed E-state index contributed by atoms with van der Waals surface area (Å²) in [6, 6.07) is 7.82. The van der Waals surface area contributed by atoms with Crippen molar-refractivity contribution in [3.8, 4) is 6.07 Å². The van der Waals surface area contributed by atoms with E-state index in [1.165, 1.54) is 0 Å². The number of ether oxygens (including phenoxy) is 1. The van der Waals surface area contributed by atoms with Gasteiger partial charge < -0.3 is 19.3 Å². The summed E-state index contributed by atoms with van der Waals surface area (Å²) >= 11 is 0. The van der Waals surface area contributed by atoms with E-state index in [-0.39, 0.29) is 5.41 Å². The number of imidazole rings is 1. The summed E-state index contributed by atoms with van der Waals surface area (Å²) in [4.78, 5) is 18.3. The first-order valence-corrected chi connectivity index (χ1v) is 11.8. The number of amides is 1. The number of nitrogens with zero attached hydrogens (tertiary/aromatic N) is 4. The Balaban J connectivity index is 1.41. The maximum atomic E-state index is 12.1. The monoisotopic (exact) mass is 438 g/mol. The van der Waals surface area contributed by atoms with Crippen LogP contribution >= 0.6 is 0 Å². The van der Waals surface area contributed by atoms with Crippen molar-refractivity contribution in [3.63, 3.8) is 0 Å². The average molecular weight is 439 g/mol. The number of rotatable bonds is 8. The molecule has 2 aliphatic carbocycles. The second kappa shape index (κ2) is 9.91. The lowest BCUT2D eigenvalue weighted by Gasteiger charge is -2.37. The van der Waals surface area contributed by atoms with Gasteiger partial charge in [0.1, 0.15) is 0 Å². The maximum absolute atomic E-state index is 12.1. The normalized spacial score (nSPS) is 22.6. The van der Waals surface area contributed by atoms with Crippen molar-refractivity contribution in [2.45, 2.75) is 57.9 Å². The third-order valence-electron chi connectivity index (χ3n) is 7.49. The zero-order chi connectivity index (χ0) is 22.6. The van der Waals surface area contributed by atoms with E-state index < -0.39 is 6.09 Å². The van der Waals surface area contributed by atoms with Crippen molar-refractivity contribution < 1.29 is 14.6 Å². The van der Waals surface area contributed by atoms with Crippen molar-refractivity contribution in [2.75, 3.05) is 26.8 Å². The number of carbonyl (C=O) groups is 1. The van der Waals surface area contributed by atoms with E-state index in [4.69, 9.17) is 4.74 Å². The average Bonchev–Trinajstić information content (AvgIpc) is 3.41. The van der Waals surface area contributed by atoms with E-state index >= 15 is 0 Å². The fraction of sp³-hybridized carbons (Fsp3) is 0.640. The van der Waals surface area contributed by atoms with Gasteiger partial charge in [0.15, 0.2) is 0 Å². The zero-order valence-electron chi connectivity index (χ0n) is 19.0. The summed E-state index contributed by atoms with van der Waals surface area (Å²) in [7, 11) is 1.72. The molecule has 2 aliphatic rings. The summed E-state index contributed by atoms with van der Waals surface area (Å²) in [5.41, 5.74) is 2.54. The van der Waals surface area contributed by atoms with Crippen molar-refractivity contribution in [3.05, 3.63) is 30.1 Å². The number of benzene rings is 1. The minimum absolute atomic E-state index is 0.0185. The van der Waals surface area contributed by atoms with Crippen LogP contribution < -0.4 is 0 Å². The number of hydrogen-bond donors (Lipinski definition) is 1. The molecule has 0 bridgehead atoms. The summed E-state index contributed by atoms with van der Waals surface area (Å²) in [5.74, 6) is 0.877. The predicted octanol–water partition coefficient (Wildman–Crippen LogP) is 4.90. The molecular formula is C25H34N4O3. The number of hydrogen-bond acceptors (Lipinski definition) is 4. The molecule has 0 saturated heterocycles. The Kier molecular flexibility index (Phi) is 7.00. The minimum atomic E-state index is -0.806. The highest BCUT2D eigenvalue weighted by atomic mass is 16.5. The van der Waals surface area contributed by atoms with Gasteiger partial charge in [-0.25, -0.2) is 9.78 Å². The Morgan fingerprint density at radius 3 is 2.81 bits per heavy atom. The van der Waals surface area contributed by atoms with Crippen molar-refractivity contribution in [2.24, 2.45) is 17.3 Å². The topological polar surface area (TPSA) is 91.4 Å². The SMILES string of the molecule is COCC1(CN(CC2CCCC(Cn3cnc4ccc(C#N)cc43)C2)C(=O)O)CCCC1. The number of fused-ring (bicyclic) bond motifs is 1. The molecule has 1 heterocycles. The van der Waals surface area contributed by atoms with Gasteiger partial charge in [-0.1, -0.05) is 19.3 Å². The van der Waals surface area contributed by atoms with Gasteiger partial charge in [-0.3, -0.25) is 0 Å². The Labute approximate surface area is 190 Å².